The standard InChI is InChI=1S/C23H28FNOSSi/c1-23(2,3)28(4,5)26-14-15-7-6-8-16(11-15)18-13-19(18)22-25-20-12-17(24)9-10-21(20)27-22/h6-12,18-19H,13-14H2,1-5H3. The molecule has 0 aliphatic heterocycles. The van der Waals surface area contributed by atoms with Crippen LogP contribution in [0.2, 0.25) is 18.1 Å². The van der Waals surface area contributed by atoms with Crippen molar-refractivity contribution in [2.24, 2.45) is 0 Å². The maximum atomic E-state index is 13.4. The molecular weight excluding hydrogens is 385 g/mol. The van der Waals surface area contributed by atoms with Crippen molar-refractivity contribution < 1.29 is 8.82 Å². The summed E-state index contributed by atoms with van der Waals surface area (Å²) in [6.45, 7) is 12.1. The minimum atomic E-state index is -1.75. The summed E-state index contributed by atoms with van der Waals surface area (Å²) in [7, 11) is -1.75. The van der Waals surface area contributed by atoms with Gasteiger partial charge in [-0.25, -0.2) is 9.37 Å². The molecule has 2 nitrogen and oxygen atoms in total. The Labute approximate surface area is 171 Å². The molecule has 0 bridgehead atoms. The van der Waals surface area contributed by atoms with Gasteiger partial charge < -0.3 is 4.43 Å². The van der Waals surface area contributed by atoms with Gasteiger partial charge in [0.2, 0.25) is 0 Å². The van der Waals surface area contributed by atoms with Crippen LogP contribution in [-0.4, -0.2) is 13.3 Å². The highest BCUT2D eigenvalue weighted by atomic mass is 32.1. The molecule has 1 aromatic heterocycles. The van der Waals surface area contributed by atoms with Crippen LogP contribution in [0.25, 0.3) is 10.2 Å². The highest BCUT2D eigenvalue weighted by molar-refractivity contribution is 7.18. The van der Waals surface area contributed by atoms with E-state index in [2.05, 4.69) is 63.1 Å². The summed E-state index contributed by atoms with van der Waals surface area (Å²) >= 11 is 1.70. The quantitative estimate of drug-likeness (QED) is 0.412. The lowest BCUT2D eigenvalue weighted by molar-refractivity contribution is 0.276. The van der Waals surface area contributed by atoms with Crippen molar-refractivity contribution in [3.05, 3.63) is 64.4 Å². The summed E-state index contributed by atoms with van der Waals surface area (Å²) in [5.74, 6) is 0.751. The first-order valence-electron chi connectivity index (χ1n) is 9.93. The molecule has 5 heteroatoms. The van der Waals surface area contributed by atoms with Gasteiger partial charge in [-0.1, -0.05) is 45.0 Å². The molecule has 2 unspecified atom stereocenters. The molecule has 1 saturated carbocycles. The van der Waals surface area contributed by atoms with Crippen LogP contribution < -0.4 is 0 Å². The van der Waals surface area contributed by atoms with Crippen LogP contribution >= 0.6 is 11.3 Å². The molecule has 2 atom stereocenters. The van der Waals surface area contributed by atoms with E-state index in [1.165, 1.54) is 23.3 Å². The number of thiazole rings is 1. The molecule has 3 aromatic rings. The number of halogens is 1. The van der Waals surface area contributed by atoms with Crippen molar-refractivity contribution in [2.45, 2.75) is 63.8 Å². The summed E-state index contributed by atoms with van der Waals surface area (Å²) < 4.78 is 20.9. The Balaban J connectivity index is 1.46. The number of hydrogen-bond donors (Lipinski definition) is 0. The maximum absolute atomic E-state index is 13.4. The number of nitrogens with zero attached hydrogens (tertiary/aromatic N) is 1. The topological polar surface area (TPSA) is 22.1 Å². The smallest absolute Gasteiger partial charge is 0.192 e. The van der Waals surface area contributed by atoms with E-state index in [-0.39, 0.29) is 10.9 Å². The van der Waals surface area contributed by atoms with Crippen molar-refractivity contribution >= 4 is 29.9 Å². The van der Waals surface area contributed by atoms with Crippen molar-refractivity contribution in [3.8, 4) is 0 Å². The molecule has 1 heterocycles. The summed E-state index contributed by atoms with van der Waals surface area (Å²) in [5, 5.41) is 1.35. The van der Waals surface area contributed by atoms with Crippen molar-refractivity contribution in [1.82, 2.24) is 4.98 Å². The monoisotopic (exact) mass is 413 g/mol. The molecule has 0 amide bonds. The van der Waals surface area contributed by atoms with Crippen LogP contribution in [0.4, 0.5) is 4.39 Å². The Bertz CT molecular complexity index is 1010. The van der Waals surface area contributed by atoms with Gasteiger partial charge in [0.15, 0.2) is 8.32 Å². The van der Waals surface area contributed by atoms with E-state index in [9.17, 15) is 4.39 Å². The normalized spacial score (nSPS) is 19.9. The highest BCUT2D eigenvalue weighted by Crippen LogP contribution is 2.56. The van der Waals surface area contributed by atoms with Gasteiger partial charge in [-0.05, 0) is 53.7 Å². The number of aromatic nitrogens is 1. The largest absolute Gasteiger partial charge is 0.413 e. The van der Waals surface area contributed by atoms with Gasteiger partial charge in [-0.3, -0.25) is 0 Å². The second-order valence-corrected chi connectivity index (χ2v) is 15.3. The molecule has 0 N–H and O–H groups in total. The van der Waals surface area contributed by atoms with Crippen LogP contribution in [0.5, 0.6) is 0 Å². The lowest BCUT2D eigenvalue weighted by atomic mass is 10.1. The average Bonchev–Trinajstić information content (AvgIpc) is 3.32. The van der Waals surface area contributed by atoms with Crippen molar-refractivity contribution in [1.29, 1.82) is 0 Å². The number of fused-ring (bicyclic) bond motifs is 1. The predicted octanol–water partition coefficient (Wildman–Crippen LogP) is 7.23. The Kier molecular flexibility index (Phi) is 4.97. The number of hydrogen-bond acceptors (Lipinski definition) is 3. The fraction of sp³-hybridized carbons (Fsp3) is 0.435. The minimum absolute atomic E-state index is 0.217. The molecule has 2 aromatic carbocycles. The Morgan fingerprint density at radius 3 is 2.68 bits per heavy atom. The third-order valence-electron chi connectivity index (χ3n) is 6.26. The first-order valence-corrected chi connectivity index (χ1v) is 13.7. The first-order chi connectivity index (χ1) is 13.1. The average molecular weight is 414 g/mol. The van der Waals surface area contributed by atoms with E-state index in [0.29, 0.717) is 18.4 Å². The molecule has 4 rings (SSSR count). The molecule has 1 fully saturated rings. The lowest BCUT2D eigenvalue weighted by Crippen LogP contribution is -2.40. The first kappa shape index (κ1) is 19.7. The van der Waals surface area contributed by atoms with Gasteiger partial charge in [0, 0.05) is 12.0 Å². The maximum Gasteiger partial charge on any atom is 0.192 e. The summed E-state index contributed by atoms with van der Waals surface area (Å²) in [4.78, 5) is 4.69. The van der Waals surface area contributed by atoms with Gasteiger partial charge in [-0.2, -0.15) is 0 Å². The molecule has 1 aliphatic carbocycles. The predicted molar refractivity (Wildman–Crippen MR) is 118 cm³/mol. The molecule has 0 spiro atoms. The molecule has 0 radical (unpaired) electrons. The Morgan fingerprint density at radius 1 is 1.14 bits per heavy atom. The van der Waals surface area contributed by atoms with E-state index in [4.69, 9.17) is 4.43 Å². The lowest BCUT2D eigenvalue weighted by Gasteiger charge is -2.36. The van der Waals surface area contributed by atoms with Crippen LogP contribution in [-0.2, 0) is 11.0 Å². The third kappa shape index (κ3) is 3.93. The fourth-order valence-electron chi connectivity index (χ4n) is 3.31. The van der Waals surface area contributed by atoms with Gasteiger partial charge in [-0.15, -0.1) is 11.3 Å². The van der Waals surface area contributed by atoms with E-state index in [0.717, 1.165) is 21.6 Å². The molecule has 0 saturated heterocycles. The van der Waals surface area contributed by atoms with Crippen LogP contribution in [0.1, 0.15) is 55.2 Å². The van der Waals surface area contributed by atoms with Gasteiger partial charge in [0.05, 0.1) is 21.8 Å². The van der Waals surface area contributed by atoms with Gasteiger partial charge in [0.1, 0.15) is 5.82 Å². The third-order valence-corrected chi connectivity index (χ3v) is 11.9. The molecule has 1 aliphatic rings. The van der Waals surface area contributed by atoms with Gasteiger partial charge >= 0.3 is 0 Å². The second-order valence-electron chi connectivity index (χ2n) is 9.41. The SMILES string of the molecule is CC(C)(C)[Si](C)(C)OCc1cccc(C2CC2c2nc3cc(F)ccc3s2)c1. The number of rotatable bonds is 5. The Morgan fingerprint density at radius 2 is 1.93 bits per heavy atom. The van der Waals surface area contributed by atoms with Gasteiger partial charge in [0.25, 0.3) is 0 Å². The zero-order chi connectivity index (χ0) is 20.1. The second kappa shape index (κ2) is 7.04. The van der Waals surface area contributed by atoms with Crippen LogP contribution in [0.15, 0.2) is 42.5 Å². The zero-order valence-electron chi connectivity index (χ0n) is 17.3. The molecule has 28 heavy (non-hydrogen) atoms. The van der Waals surface area contributed by atoms with E-state index in [1.54, 1.807) is 11.3 Å². The van der Waals surface area contributed by atoms with Crippen molar-refractivity contribution in [2.75, 3.05) is 0 Å². The van der Waals surface area contributed by atoms with Crippen LogP contribution in [0.3, 0.4) is 0 Å². The minimum Gasteiger partial charge on any atom is -0.413 e. The zero-order valence-corrected chi connectivity index (χ0v) is 19.1. The molecule has 148 valence electrons. The van der Waals surface area contributed by atoms with E-state index < -0.39 is 8.32 Å². The number of benzene rings is 2. The molecular formula is C23H28FNOSSi. The fourth-order valence-corrected chi connectivity index (χ4v) is 5.39. The summed E-state index contributed by atoms with van der Waals surface area (Å²) in [5.41, 5.74) is 3.40. The van der Waals surface area contributed by atoms with Crippen molar-refractivity contribution in [3.63, 3.8) is 0 Å². The Hall–Kier alpha value is -1.56. The van der Waals surface area contributed by atoms with E-state index >= 15 is 0 Å². The highest BCUT2D eigenvalue weighted by Gasteiger charge is 2.42. The summed E-state index contributed by atoms with van der Waals surface area (Å²) in [6, 6.07) is 13.7. The summed E-state index contributed by atoms with van der Waals surface area (Å²) in [6.07, 6.45) is 1.12. The van der Waals surface area contributed by atoms with E-state index in [1.807, 2.05) is 6.07 Å². The van der Waals surface area contributed by atoms with Crippen LogP contribution in [0, 0.1) is 5.82 Å².